The fourth-order valence-electron chi connectivity index (χ4n) is 2.03. The second-order valence-corrected chi connectivity index (χ2v) is 5.30. The number of carbonyl (C=O) groups excluding carboxylic acids is 3. The number of benzene rings is 1. The summed E-state index contributed by atoms with van der Waals surface area (Å²) in [6.07, 6.45) is 0.621. The number of ether oxygens (including phenoxy) is 2. The Kier molecular flexibility index (Phi) is 7.51. The summed E-state index contributed by atoms with van der Waals surface area (Å²) < 4.78 is 9.44. The first-order valence-corrected chi connectivity index (χ1v) is 7.59. The molecule has 1 aromatic rings. The van der Waals surface area contributed by atoms with Crippen molar-refractivity contribution in [3.05, 3.63) is 39.9 Å². The molecule has 0 fully saturated rings. The predicted octanol–water partition coefficient (Wildman–Crippen LogP) is 1.46. The third kappa shape index (κ3) is 5.55. The van der Waals surface area contributed by atoms with E-state index in [0.717, 1.165) is 6.07 Å². The summed E-state index contributed by atoms with van der Waals surface area (Å²) in [6, 6.07) is 4.38. The van der Waals surface area contributed by atoms with Crippen LogP contribution in [0.15, 0.2) is 24.3 Å². The molecule has 1 N–H and O–H groups in total. The molecule has 1 aromatic carbocycles. The molecule has 25 heavy (non-hydrogen) atoms. The number of rotatable bonds is 8. The molecule has 0 saturated carbocycles. The van der Waals surface area contributed by atoms with E-state index in [1.54, 1.807) is 6.92 Å². The number of nitro benzene ring substituents is 1. The van der Waals surface area contributed by atoms with Crippen LogP contribution in [-0.4, -0.2) is 42.5 Å². The van der Waals surface area contributed by atoms with E-state index in [9.17, 15) is 24.5 Å². The maximum absolute atomic E-state index is 11.9. The SMILES string of the molecule is CC[C@H](C)[C@H](NC(=O)COC(=O)c1ccccc1[N+](=O)[O-])C(=O)OC. The van der Waals surface area contributed by atoms with E-state index in [2.05, 4.69) is 10.1 Å². The van der Waals surface area contributed by atoms with Gasteiger partial charge in [-0.15, -0.1) is 0 Å². The zero-order valence-corrected chi connectivity index (χ0v) is 14.2. The first-order chi connectivity index (χ1) is 11.8. The molecule has 2 atom stereocenters. The summed E-state index contributed by atoms with van der Waals surface area (Å²) in [5.41, 5.74) is -0.674. The maximum atomic E-state index is 11.9. The molecule has 0 bridgehead atoms. The molecule has 0 aromatic heterocycles. The fraction of sp³-hybridized carbons (Fsp3) is 0.438. The molecule has 0 unspecified atom stereocenters. The third-order valence-corrected chi connectivity index (χ3v) is 3.64. The Bertz CT molecular complexity index is 660. The highest BCUT2D eigenvalue weighted by atomic mass is 16.6. The van der Waals surface area contributed by atoms with E-state index in [1.165, 1.54) is 25.3 Å². The van der Waals surface area contributed by atoms with Crippen LogP contribution in [0.5, 0.6) is 0 Å². The average molecular weight is 352 g/mol. The summed E-state index contributed by atoms with van der Waals surface area (Å²) >= 11 is 0. The first kappa shape index (κ1) is 20.1. The molecule has 0 aliphatic carbocycles. The first-order valence-electron chi connectivity index (χ1n) is 7.59. The van der Waals surface area contributed by atoms with Crippen molar-refractivity contribution in [2.75, 3.05) is 13.7 Å². The van der Waals surface area contributed by atoms with Crippen molar-refractivity contribution in [3.63, 3.8) is 0 Å². The zero-order chi connectivity index (χ0) is 19.0. The molecular weight excluding hydrogens is 332 g/mol. The molecule has 0 heterocycles. The quantitative estimate of drug-likeness (QED) is 0.426. The van der Waals surface area contributed by atoms with E-state index >= 15 is 0 Å². The molecule has 0 saturated heterocycles. The van der Waals surface area contributed by atoms with Gasteiger partial charge in [-0.25, -0.2) is 9.59 Å². The average Bonchev–Trinajstić information content (AvgIpc) is 2.62. The zero-order valence-electron chi connectivity index (χ0n) is 14.2. The lowest BCUT2D eigenvalue weighted by molar-refractivity contribution is -0.385. The summed E-state index contributed by atoms with van der Waals surface area (Å²) in [6.45, 7) is 2.94. The molecule has 9 nitrogen and oxygen atoms in total. The number of nitrogens with one attached hydrogen (secondary N) is 1. The lowest BCUT2D eigenvalue weighted by Crippen LogP contribution is -2.47. The van der Waals surface area contributed by atoms with Gasteiger partial charge in [0.1, 0.15) is 11.6 Å². The van der Waals surface area contributed by atoms with Crippen LogP contribution in [0.1, 0.15) is 30.6 Å². The normalized spacial score (nSPS) is 12.6. The number of hydrogen-bond acceptors (Lipinski definition) is 7. The van der Waals surface area contributed by atoms with E-state index in [0.29, 0.717) is 6.42 Å². The third-order valence-electron chi connectivity index (χ3n) is 3.64. The number of nitro groups is 1. The Morgan fingerprint density at radius 2 is 1.92 bits per heavy atom. The van der Waals surface area contributed by atoms with Gasteiger partial charge in [0.05, 0.1) is 12.0 Å². The van der Waals surface area contributed by atoms with E-state index in [4.69, 9.17) is 4.74 Å². The van der Waals surface area contributed by atoms with Gasteiger partial charge < -0.3 is 14.8 Å². The van der Waals surface area contributed by atoms with Gasteiger partial charge in [0.25, 0.3) is 11.6 Å². The Morgan fingerprint density at radius 3 is 2.48 bits per heavy atom. The van der Waals surface area contributed by atoms with Crippen LogP contribution in [-0.2, 0) is 19.1 Å². The number of hydrogen-bond donors (Lipinski definition) is 1. The van der Waals surface area contributed by atoms with Gasteiger partial charge in [-0.1, -0.05) is 32.4 Å². The van der Waals surface area contributed by atoms with Crippen LogP contribution >= 0.6 is 0 Å². The maximum Gasteiger partial charge on any atom is 0.345 e. The van der Waals surface area contributed by atoms with Gasteiger partial charge in [0.15, 0.2) is 6.61 Å². The minimum absolute atomic E-state index is 0.178. The highest BCUT2D eigenvalue weighted by molar-refractivity contribution is 5.95. The summed E-state index contributed by atoms with van der Waals surface area (Å²) in [4.78, 5) is 45.7. The number of methoxy groups -OCH3 is 1. The molecule has 9 heteroatoms. The van der Waals surface area contributed by atoms with Gasteiger partial charge in [-0.2, -0.15) is 0 Å². The van der Waals surface area contributed by atoms with E-state index < -0.39 is 41.1 Å². The lowest BCUT2D eigenvalue weighted by atomic mass is 9.99. The second-order valence-electron chi connectivity index (χ2n) is 5.30. The van der Waals surface area contributed by atoms with Gasteiger partial charge in [0.2, 0.25) is 0 Å². The Morgan fingerprint density at radius 1 is 1.28 bits per heavy atom. The van der Waals surface area contributed by atoms with Crippen LogP contribution in [0.25, 0.3) is 0 Å². The molecular formula is C16H20N2O7. The van der Waals surface area contributed by atoms with Crippen molar-refractivity contribution < 1.29 is 28.8 Å². The number of nitrogens with zero attached hydrogens (tertiary/aromatic N) is 1. The number of para-hydroxylation sites is 1. The molecule has 0 spiro atoms. The number of amides is 1. The molecule has 0 aliphatic rings. The van der Waals surface area contributed by atoms with E-state index in [-0.39, 0.29) is 11.5 Å². The standard InChI is InChI=1S/C16H20N2O7/c1-4-10(2)14(16(21)24-3)17-13(19)9-25-15(20)11-7-5-6-8-12(11)18(22)23/h5-8,10,14H,4,9H2,1-3H3,(H,17,19)/t10-,14-/m0/s1. The molecule has 136 valence electrons. The highest BCUT2D eigenvalue weighted by Gasteiger charge is 2.27. The van der Waals surface area contributed by atoms with Crippen LogP contribution in [0, 0.1) is 16.0 Å². The monoisotopic (exact) mass is 352 g/mol. The lowest BCUT2D eigenvalue weighted by Gasteiger charge is -2.21. The molecule has 0 aliphatic heterocycles. The Hall–Kier alpha value is -2.97. The fourth-order valence-corrected chi connectivity index (χ4v) is 2.03. The minimum Gasteiger partial charge on any atom is -0.467 e. The Balaban J connectivity index is 2.71. The summed E-state index contributed by atoms with van der Waals surface area (Å²) in [5, 5.41) is 13.3. The van der Waals surface area contributed by atoms with Crippen molar-refractivity contribution in [1.82, 2.24) is 5.32 Å². The van der Waals surface area contributed by atoms with Gasteiger partial charge in [0, 0.05) is 6.07 Å². The molecule has 1 amide bonds. The van der Waals surface area contributed by atoms with Gasteiger partial charge >= 0.3 is 11.9 Å². The van der Waals surface area contributed by atoms with Crippen LogP contribution in [0.2, 0.25) is 0 Å². The van der Waals surface area contributed by atoms with Crippen molar-refractivity contribution in [1.29, 1.82) is 0 Å². The van der Waals surface area contributed by atoms with Gasteiger partial charge in [-0.05, 0) is 12.0 Å². The highest BCUT2D eigenvalue weighted by Crippen LogP contribution is 2.18. The molecule has 1 rings (SSSR count). The van der Waals surface area contributed by atoms with E-state index in [1.807, 2.05) is 6.92 Å². The predicted molar refractivity (Wildman–Crippen MR) is 86.8 cm³/mol. The number of carbonyl (C=O) groups is 3. The largest absolute Gasteiger partial charge is 0.467 e. The van der Waals surface area contributed by atoms with Crippen LogP contribution in [0.3, 0.4) is 0 Å². The summed E-state index contributed by atoms with van der Waals surface area (Å²) in [7, 11) is 1.21. The van der Waals surface area contributed by atoms with Crippen LogP contribution < -0.4 is 5.32 Å². The topological polar surface area (TPSA) is 125 Å². The smallest absolute Gasteiger partial charge is 0.345 e. The number of esters is 2. The second kappa shape index (κ2) is 9.36. The van der Waals surface area contributed by atoms with Crippen molar-refractivity contribution in [2.24, 2.45) is 5.92 Å². The minimum atomic E-state index is -0.999. The Labute approximate surface area is 144 Å². The van der Waals surface area contributed by atoms with Gasteiger partial charge in [-0.3, -0.25) is 14.9 Å². The molecule has 0 radical (unpaired) electrons. The van der Waals surface area contributed by atoms with Crippen LogP contribution in [0.4, 0.5) is 5.69 Å². The van der Waals surface area contributed by atoms with Crippen molar-refractivity contribution in [2.45, 2.75) is 26.3 Å². The summed E-state index contributed by atoms with van der Waals surface area (Å²) in [5.74, 6) is -2.49. The van der Waals surface area contributed by atoms with Crippen molar-refractivity contribution >= 4 is 23.5 Å². The van der Waals surface area contributed by atoms with Crippen molar-refractivity contribution in [3.8, 4) is 0 Å².